The molecule has 1 unspecified atom stereocenters. The molecule has 180 valence electrons. The van der Waals surface area contributed by atoms with E-state index in [1.54, 1.807) is 0 Å². The Balaban J connectivity index is 0.000000327. The zero-order valence-electron chi connectivity index (χ0n) is 20.5. The van der Waals surface area contributed by atoms with Crippen LogP contribution < -0.4 is 0 Å². The lowest BCUT2D eigenvalue weighted by molar-refractivity contribution is -0.143. The van der Waals surface area contributed by atoms with Crippen molar-refractivity contribution in [1.82, 2.24) is 0 Å². The van der Waals surface area contributed by atoms with Crippen molar-refractivity contribution in [3.05, 3.63) is 12.2 Å². The fourth-order valence-corrected chi connectivity index (χ4v) is 4.46. The molecule has 3 heteroatoms. The summed E-state index contributed by atoms with van der Waals surface area (Å²) >= 11 is 0. The largest absolute Gasteiger partial charge is 0.466 e. The van der Waals surface area contributed by atoms with Gasteiger partial charge in [-0.05, 0) is 57.8 Å². The number of ketones is 1. The van der Waals surface area contributed by atoms with Crippen LogP contribution in [-0.4, -0.2) is 18.4 Å². The quantitative estimate of drug-likeness (QED) is 0.239. The fourth-order valence-electron chi connectivity index (χ4n) is 4.46. The number of rotatable bonds is 6. The van der Waals surface area contributed by atoms with Gasteiger partial charge in [-0.3, -0.25) is 9.59 Å². The fraction of sp³-hybridized carbons (Fsp3) is 0.857. The number of hydrogen-bond donors (Lipinski definition) is 0. The molecule has 0 aromatic rings. The molecule has 0 N–H and O–H groups in total. The molecule has 0 radical (unpaired) electrons. The number of esters is 1. The predicted molar refractivity (Wildman–Crippen MR) is 131 cm³/mol. The number of ether oxygens (including phenoxy) is 1. The van der Waals surface area contributed by atoms with Crippen LogP contribution in [0.4, 0.5) is 0 Å². The first-order chi connectivity index (χ1) is 15.2. The Morgan fingerprint density at radius 1 is 0.742 bits per heavy atom. The summed E-state index contributed by atoms with van der Waals surface area (Å²) in [5, 5.41) is 0. The van der Waals surface area contributed by atoms with E-state index in [0.717, 1.165) is 38.5 Å². The predicted octanol–water partition coefficient (Wildman–Crippen LogP) is 8.50. The molecule has 0 aromatic carbocycles. The highest BCUT2D eigenvalue weighted by atomic mass is 16.5. The minimum absolute atomic E-state index is 0.00476. The maximum atomic E-state index is 11.4. The third-order valence-corrected chi connectivity index (χ3v) is 6.53. The number of carbonyl (C=O) groups excluding carboxylic acids is 2. The standard InChI is InChI=1S/C16H28O2.C12H22O/c17-16-14-12-10-8-6-4-2-1-3-5-7-9-11-13-15-18-16;1-2-3-4-5-6-8-11-9-7-10-12(11)13/h2,4H,1,3,5-15H2;11H,2-10H2,1H3. The first-order valence-corrected chi connectivity index (χ1v) is 13.6. The van der Waals surface area contributed by atoms with Gasteiger partial charge in [0.2, 0.25) is 0 Å². The van der Waals surface area contributed by atoms with Crippen LogP contribution in [0.3, 0.4) is 0 Å². The summed E-state index contributed by atoms with van der Waals surface area (Å²) in [7, 11) is 0. The number of hydrogen-bond acceptors (Lipinski definition) is 3. The minimum atomic E-state index is -0.00476. The van der Waals surface area contributed by atoms with Crippen LogP contribution in [0, 0.1) is 5.92 Å². The number of allylic oxidation sites excluding steroid dienone is 2. The lowest BCUT2D eigenvalue weighted by Gasteiger charge is -2.06. The third kappa shape index (κ3) is 17.2. The van der Waals surface area contributed by atoms with Gasteiger partial charge in [-0.1, -0.05) is 83.3 Å². The van der Waals surface area contributed by atoms with E-state index in [2.05, 4.69) is 19.1 Å². The first-order valence-electron chi connectivity index (χ1n) is 13.6. The van der Waals surface area contributed by atoms with Crippen LogP contribution in [0.25, 0.3) is 0 Å². The maximum absolute atomic E-state index is 11.4. The van der Waals surface area contributed by atoms with Gasteiger partial charge < -0.3 is 4.74 Å². The van der Waals surface area contributed by atoms with Crippen LogP contribution in [0.2, 0.25) is 0 Å². The molecule has 31 heavy (non-hydrogen) atoms. The van der Waals surface area contributed by atoms with E-state index >= 15 is 0 Å². The van der Waals surface area contributed by atoms with Gasteiger partial charge in [0.15, 0.2) is 0 Å². The van der Waals surface area contributed by atoms with Crippen molar-refractivity contribution in [2.24, 2.45) is 5.92 Å². The van der Waals surface area contributed by atoms with E-state index in [4.69, 9.17) is 4.74 Å². The topological polar surface area (TPSA) is 43.4 Å². The normalized spacial score (nSPS) is 22.3. The summed E-state index contributed by atoms with van der Waals surface area (Å²) in [6.07, 6.45) is 29.4. The molecule has 3 nitrogen and oxygen atoms in total. The SMILES string of the molecule is CCCCCCCC1CCCC1=O.O=C1CCCCCC=CCCCCCCCCO1. The van der Waals surface area contributed by atoms with Gasteiger partial charge in [0.25, 0.3) is 0 Å². The average molecular weight is 435 g/mol. The lowest BCUT2D eigenvalue weighted by Crippen LogP contribution is -2.05. The molecule has 1 heterocycles. The molecular formula is C28H50O3. The number of Topliss-reactive ketones (excluding diaryl/α,β-unsaturated/α-hetero) is 1. The second-order valence-corrected chi connectivity index (χ2v) is 9.46. The molecule has 1 saturated carbocycles. The molecule has 1 aliphatic carbocycles. The molecule has 2 aliphatic rings. The summed E-state index contributed by atoms with van der Waals surface area (Å²) in [5.41, 5.74) is 0. The van der Waals surface area contributed by atoms with Crippen molar-refractivity contribution >= 4 is 11.8 Å². The average Bonchev–Trinajstić information content (AvgIpc) is 3.18. The summed E-state index contributed by atoms with van der Waals surface area (Å²) in [5.74, 6) is 0.979. The van der Waals surface area contributed by atoms with Crippen molar-refractivity contribution in [3.63, 3.8) is 0 Å². The lowest BCUT2D eigenvalue weighted by atomic mass is 9.98. The monoisotopic (exact) mass is 434 g/mol. The van der Waals surface area contributed by atoms with Gasteiger partial charge in [-0.25, -0.2) is 0 Å². The van der Waals surface area contributed by atoms with Gasteiger partial charge in [0, 0.05) is 18.8 Å². The van der Waals surface area contributed by atoms with E-state index in [1.807, 2.05) is 0 Å². The van der Waals surface area contributed by atoms with E-state index < -0.39 is 0 Å². The third-order valence-electron chi connectivity index (χ3n) is 6.53. The van der Waals surface area contributed by atoms with Crippen LogP contribution in [0.15, 0.2) is 12.2 Å². The van der Waals surface area contributed by atoms with Crippen LogP contribution >= 0.6 is 0 Å². The van der Waals surface area contributed by atoms with Crippen molar-refractivity contribution in [2.45, 2.75) is 142 Å². The highest BCUT2D eigenvalue weighted by molar-refractivity contribution is 5.82. The summed E-state index contributed by atoms with van der Waals surface area (Å²) < 4.78 is 5.21. The van der Waals surface area contributed by atoms with Gasteiger partial charge >= 0.3 is 5.97 Å². The Bertz CT molecular complexity index is 469. The molecule has 1 atom stereocenters. The van der Waals surface area contributed by atoms with Crippen molar-refractivity contribution in [1.29, 1.82) is 0 Å². The highest BCUT2D eigenvalue weighted by Gasteiger charge is 2.23. The first kappa shape index (κ1) is 27.9. The van der Waals surface area contributed by atoms with Gasteiger partial charge in [0.05, 0.1) is 6.61 Å². The molecule has 1 aliphatic heterocycles. The number of carbonyl (C=O) groups is 2. The number of cyclic esters (lactones) is 1. The van der Waals surface area contributed by atoms with Crippen LogP contribution in [0.5, 0.6) is 0 Å². The van der Waals surface area contributed by atoms with Crippen molar-refractivity contribution in [3.8, 4) is 0 Å². The van der Waals surface area contributed by atoms with Gasteiger partial charge in [-0.2, -0.15) is 0 Å². The summed E-state index contributed by atoms with van der Waals surface area (Å²) in [6.45, 7) is 2.86. The Morgan fingerprint density at radius 3 is 2.06 bits per heavy atom. The Morgan fingerprint density at radius 2 is 1.39 bits per heavy atom. The summed E-state index contributed by atoms with van der Waals surface area (Å²) in [6, 6.07) is 0. The molecule has 1 fully saturated rings. The maximum Gasteiger partial charge on any atom is 0.305 e. The molecule has 0 amide bonds. The molecule has 2 rings (SSSR count). The van der Waals surface area contributed by atoms with Gasteiger partial charge in [0.1, 0.15) is 5.78 Å². The number of unbranched alkanes of at least 4 members (excludes halogenated alkanes) is 4. The van der Waals surface area contributed by atoms with Crippen LogP contribution in [0.1, 0.15) is 142 Å². The Hall–Kier alpha value is -1.12. The van der Waals surface area contributed by atoms with Crippen molar-refractivity contribution < 1.29 is 14.3 Å². The molecule has 0 saturated heterocycles. The van der Waals surface area contributed by atoms with E-state index in [-0.39, 0.29) is 5.97 Å². The second-order valence-electron chi connectivity index (χ2n) is 9.46. The minimum Gasteiger partial charge on any atom is -0.466 e. The summed E-state index contributed by atoms with van der Waals surface area (Å²) in [4.78, 5) is 22.7. The molecule has 0 bridgehead atoms. The van der Waals surface area contributed by atoms with Crippen LogP contribution in [-0.2, 0) is 14.3 Å². The Kier molecular flexibility index (Phi) is 18.7. The highest BCUT2D eigenvalue weighted by Crippen LogP contribution is 2.26. The van der Waals surface area contributed by atoms with E-state index in [1.165, 1.54) is 89.9 Å². The Labute approximate surface area is 192 Å². The molecule has 0 spiro atoms. The zero-order valence-corrected chi connectivity index (χ0v) is 20.5. The molecule has 0 aromatic heterocycles. The second kappa shape index (κ2) is 20.8. The van der Waals surface area contributed by atoms with E-state index in [9.17, 15) is 9.59 Å². The zero-order chi connectivity index (χ0) is 22.4. The van der Waals surface area contributed by atoms with Crippen molar-refractivity contribution in [2.75, 3.05) is 6.61 Å². The van der Waals surface area contributed by atoms with E-state index in [0.29, 0.717) is 24.7 Å². The van der Waals surface area contributed by atoms with Gasteiger partial charge in [-0.15, -0.1) is 0 Å². The smallest absolute Gasteiger partial charge is 0.305 e. The molecular weight excluding hydrogens is 384 g/mol.